The Morgan fingerprint density at radius 2 is 1.15 bits per heavy atom. The van der Waals surface area contributed by atoms with Crippen LogP contribution in [0.5, 0.6) is 0 Å². The minimum atomic E-state index is -0.389. The van der Waals surface area contributed by atoms with Gasteiger partial charge in [0.2, 0.25) is 0 Å². The van der Waals surface area contributed by atoms with E-state index >= 15 is 0 Å². The van der Waals surface area contributed by atoms with Gasteiger partial charge in [0, 0.05) is 27.2 Å². The summed E-state index contributed by atoms with van der Waals surface area (Å²) in [5.74, 6) is 2.03. The predicted octanol–water partition coefficient (Wildman–Crippen LogP) is 1.68. The van der Waals surface area contributed by atoms with Crippen LogP contribution in [0, 0.1) is 0 Å². The third kappa shape index (κ3) is 2.83. The topological polar surface area (TPSA) is 55.9 Å². The average Bonchev–Trinajstić information content (AvgIpc) is 2.96. The standard InChI is InChI=1S/C14H26N6/c1-13(2,11-15-7-9-19(11)5)17-18-14(3,4)12-16-8-10-20(12)6/h7-10H2,1-6H3. The summed E-state index contributed by atoms with van der Waals surface area (Å²) in [7, 11) is 4.12. The van der Waals surface area contributed by atoms with Gasteiger partial charge in [0.05, 0.1) is 13.1 Å². The summed E-state index contributed by atoms with van der Waals surface area (Å²) in [4.78, 5) is 13.4. The van der Waals surface area contributed by atoms with E-state index in [0.717, 1.165) is 37.9 Å². The van der Waals surface area contributed by atoms with Gasteiger partial charge in [-0.15, -0.1) is 0 Å². The Kier molecular flexibility index (Phi) is 3.84. The number of hydrogen-bond acceptors (Lipinski definition) is 6. The molecule has 0 fully saturated rings. The molecule has 0 amide bonds. The molecule has 0 aliphatic carbocycles. The zero-order chi connectivity index (χ0) is 15.0. The van der Waals surface area contributed by atoms with Gasteiger partial charge in [-0.05, 0) is 27.7 Å². The van der Waals surface area contributed by atoms with Crippen molar-refractivity contribution in [1.29, 1.82) is 0 Å². The van der Waals surface area contributed by atoms with Crippen molar-refractivity contribution in [2.75, 3.05) is 40.3 Å². The number of amidine groups is 2. The molecule has 20 heavy (non-hydrogen) atoms. The highest BCUT2D eigenvalue weighted by atomic mass is 15.3. The van der Waals surface area contributed by atoms with Gasteiger partial charge in [0.25, 0.3) is 0 Å². The number of azo groups is 1. The van der Waals surface area contributed by atoms with Crippen LogP contribution in [0.3, 0.4) is 0 Å². The minimum Gasteiger partial charge on any atom is -0.359 e. The SMILES string of the molecule is CN1CCN=C1C(C)(C)N=NC(C)(C)C1=NCCN1C. The molecule has 0 spiro atoms. The fourth-order valence-corrected chi connectivity index (χ4v) is 2.73. The van der Waals surface area contributed by atoms with Crippen molar-refractivity contribution in [2.45, 2.75) is 38.8 Å². The van der Waals surface area contributed by atoms with Gasteiger partial charge in [-0.1, -0.05) is 0 Å². The highest BCUT2D eigenvalue weighted by Crippen LogP contribution is 2.23. The fraction of sp³-hybridized carbons (Fsp3) is 0.857. The highest BCUT2D eigenvalue weighted by molar-refractivity contribution is 5.93. The summed E-state index contributed by atoms with van der Waals surface area (Å²) in [5.41, 5.74) is -0.777. The molecule has 0 saturated carbocycles. The minimum absolute atomic E-state index is 0.389. The monoisotopic (exact) mass is 278 g/mol. The van der Waals surface area contributed by atoms with E-state index in [0.29, 0.717) is 0 Å². The summed E-state index contributed by atoms with van der Waals surface area (Å²) in [6.45, 7) is 11.9. The molecule has 0 aromatic carbocycles. The third-order valence-electron chi connectivity index (χ3n) is 3.76. The lowest BCUT2D eigenvalue weighted by Gasteiger charge is -2.29. The van der Waals surface area contributed by atoms with Crippen LogP contribution in [0.15, 0.2) is 20.2 Å². The summed E-state index contributed by atoms with van der Waals surface area (Å²) in [6.07, 6.45) is 0. The summed E-state index contributed by atoms with van der Waals surface area (Å²) < 4.78 is 0. The Morgan fingerprint density at radius 1 is 0.800 bits per heavy atom. The van der Waals surface area contributed by atoms with Crippen LogP contribution in [0.2, 0.25) is 0 Å². The average molecular weight is 278 g/mol. The van der Waals surface area contributed by atoms with Crippen molar-refractivity contribution in [1.82, 2.24) is 9.80 Å². The van der Waals surface area contributed by atoms with Crippen LogP contribution in [-0.4, -0.2) is 72.8 Å². The van der Waals surface area contributed by atoms with E-state index in [4.69, 9.17) is 0 Å². The molecule has 6 nitrogen and oxygen atoms in total. The third-order valence-corrected chi connectivity index (χ3v) is 3.76. The van der Waals surface area contributed by atoms with E-state index in [-0.39, 0.29) is 11.1 Å². The van der Waals surface area contributed by atoms with E-state index in [2.05, 4.69) is 71.8 Å². The zero-order valence-corrected chi connectivity index (χ0v) is 13.5. The molecule has 2 heterocycles. The molecule has 0 aromatic rings. The van der Waals surface area contributed by atoms with Crippen molar-refractivity contribution in [3.8, 4) is 0 Å². The Balaban J connectivity index is 2.15. The smallest absolute Gasteiger partial charge is 0.133 e. The molecule has 0 atom stereocenters. The lowest BCUT2D eigenvalue weighted by Crippen LogP contribution is -2.42. The van der Waals surface area contributed by atoms with Crippen LogP contribution < -0.4 is 0 Å². The highest BCUT2D eigenvalue weighted by Gasteiger charge is 2.34. The van der Waals surface area contributed by atoms with Crippen molar-refractivity contribution in [3.63, 3.8) is 0 Å². The van der Waals surface area contributed by atoms with Gasteiger partial charge in [-0.2, -0.15) is 10.2 Å². The van der Waals surface area contributed by atoms with Gasteiger partial charge >= 0.3 is 0 Å². The molecule has 2 aliphatic heterocycles. The van der Waals surface area contributed by atoms with Gasteiger partial charge in [-0.3, -0.25) is 9.98 Å². The number of rotatable bonds is 4. The van der Waals surface area contributed by atoms with E-state index in [1.54, 1.807) is 0 Å². The predicted molar refractivity (Wildman–Crippen MR) is 82.9 cm³/mol. The largest absolute Gasteiger partial charge is 0.359 e. The van der Waals surface area contributed by atoms with E-state index in [1.807, 2.05) is 0 Å². The Morgan fingerprint density at radius 3 is 1.40 bits per heavy atom. The van der Waals surface area contributed by atoms with Crippen molar-refractivity contribution in [2.24, 2.45) is 20.2 Å². The number of likely N-dealkylation sites (N-methyl/N-ethyl adjacent to an activating group) is 2. The Labute approximate surface area is 121 Å². The molecule has 2 aliphatic rings. The van der Waals surface area contributed by atoms with Crippen LogP contribution in [0.4, 0.5) is 0 Å². The zero-order valence-electron chi connectivity index (χ0n) is 13.5. The van der Waals surface area contributed by atoms with E-state index in [9.17, 15) is 0 Å². The van der Waals surface area contributed by atoms with E-state index in [1.165, 1.54) is 0 Å². The molecular formula is C14H26N6. The molecule has 0 radical (unpaired) electrons. The second-order valence-electron chi connectivity index (χ2n) is 6.57. The molecule has 2 rings (SSSR count). The van der Waals surface area contributed by atoms with Crippen LogP contribution >= 0.6 is 0 Å². The van der Waals surface area contributed by atoms with Crippen LogP contribution in [-0.2, 0) is 0 Å². The Bertz CT molecular complexity index is 418. The molecule has 112 valence electrons. The first kappa shape index (κ1) is 14.9. The fourth-order valence-electron chi connectivity index (χ4n) is 2.73. The first-order valence-corrected chi connectivity index (χ1v) is 7.20. The van der Waals surface area contributed by atoms with Gasteiger partial charge < -0.3 is 9.80 Å². The number of hydrogen-bond donors (Lipinski definition) is 0. The summed E-state index contributed by atoms with van der Waals surface area (Å²) in [5, 5.41) is 9.17. The molecular weight excluding hydrogens is 252 g/mol. The van der Waals surface area contributed by atoms with Crippen molar-refractivity contribution in [3.05, 3.63) is 0 Å². The Hall–Kier alpha value is -1.46. The second kappa shape index (κ2) is 5.14. The van der Waals surface area contributed by atoms with Crippen molar-refractivity contribution >= 4 is 11.7 Å². The lowest BCUT2D eigenvalue weighted by atomic mass is 10.0. The number of nitrogens with zero attached hydrogens (tertiary/aromatic N) is 6. The van der Waals surface area contributed by atoms with Crippen LogP contribution in [0.1, 0.15) is 27.7 Å². The van der Waals surface area contributed by atoms with Gasteiger partial charge in [0.1, 0.15) is 22.7 Å². The quantitative estimate of drug-likeness (QED) is 0.735. The summed E-state index contributed by atoms with van der Waals surface area (Å²) in [6, 6.07) is 0. The molecule has 0 saturated heterocycles. The second-order valence-corrected chi connectivity index (χ2v) is 6.57. The number of aliphatic imine (C=N–C) groups is 2. The van der Waals surface area contributed by atoms with Gasteiger partial charge in [0.15, 0.2) is 0 Å². The lowest BCUT2D eigenvalue weighted by molar-refractivity contribution is 0.464. The van der Waals surface area contributed by atoms with Gasteiger partial charge in [-0.25, -0.2) is 0 Å². The van der Waals surface area contributed by atoms with Crippen molar-refractivity contribution < 1.29 is 0 Å². The molecule has 0 aromatic heterocycles. The molecule has 0 unspecified atom stereocenters. The molecule has 0 N–H and O–H groups in total. The summed E-state index contributed by atoms with van der Waals surface area (Å²) >= 11 is 0. The first-order valence-electron chi connectivity index (χ1n) is 7.20. The molecule has 0 bridgehead atoms. The molecule has 6 heteroatoms. The first-order chi connectivity index (χ1) is 9.24. The maximum atomic E-state index is 4.58. The maximum Gasteiger partial charge on any atom is 0.133 e. The maximum absolute atomic E-state index is 4.58. The normalized spacial score (nSPS) is 20.9. The van der Waals surface area contributed by atoms with E-state index < -0.39 is 0 Å². The van der Waals surface area contributed by atoms with Crippen LogP contribution in [0.25, 0.3) is 0 Å².